The molecule has 0 aliphatic rings. The van der Waals surface area contributed by atoms with Gasteiger partial charge in [0.15, 0.2) is 0 Å². The summed E-state index contributed by atoms with van der Waals surface area (Å²) in [6.45, 7) is 4.62. The molecule has 0 unspecified atom stereocenters. The second-order valence-corrected chi connectivity index (χ2v) is 5.46. The van der Waals surface area contributed by atoms with E-state index in [1.807, 2.05) is 0 Å². The molecule has 0 saturated carbocycles. The zero-order chi connectivity index (χ0) is 12.6. The van der Waals surface area contributed by atoms with Crippen molar-refractivity contribution >= 4 is 12.6 Å². The quantitative estimate of drug-likeness (QED) is 0.337. The summed E-state index contributed by atoms with van der Waals surface area (Å²) in [6.07, 6.45) is 15.4. The van der Waals surface area contributed by atoms with Crippen LogP contribution in [-0.4, -0.2) is 18.8 Å². The number of unbranched alkanes of at least 4 members (excludes halogenated alkanes) is 9. The molecule has 1 nitrogen and oxygen atoms in total. The van der Waals surface area contributed by atoms with Crippen LogP contribution >= 0.6 is 12.6 Å². The molecule has 0 spiro atoms. The molecule has 0 aliphatic heterocycles. The topological polar surface area (TPSA) is 12.0 Å². The van der Waals surface area contributed by atoms with Gasteiger partial charge in [0.05, 0.1) is 0 Å². The zero-order valence-corrected chi connectivity index (χ0v) is 12.7. The Kier molecular flexibility index (Phi) is 16.6. The minimum atomic E-state index is 1.00. The molecule has 0 fully saturated rings. The third-order valence-corrected chi connectivity index (χ3v) is 3.54. The fraction of sp³-hybridized carbons (Fsp3) is 1.00. The van der Waals surface area contributed by atoms with Crippen LogP contribution in [0, 0.1) is 0 Å². The van der Waals surface area contributed by atoms with Gasteiger partial charge in [-0.05, 0) is 31.7 Å². The highest BCUT2D eigenvalue weighted by molar-refractivity contribution is 7.80. The van der Waals surface area contributed by atoms with Crippen LogP contribution in [0.2, 0.25) is 0 Å². The normalized spacial score (nSPS) is 10.9. The molecule has 0 amide bonds. The molecule has 0 aromatic carbocycles. The first-order chi connectivity index (χ1) is 8.41. The van der Waals surface area contributed by atoms with Crippen molar-refractivity contribution in [3.63, 3.8) is 0 Å². The summed E-state index contributed by atoms with van der Waals surface area (Å²) in [4.78, 5) is 0. The molecule has 0 rings (SSSR count). The molecule has 2 heteroatoms. The van der Waals surface area contributed by atoms with Crippen molar-refractivity contribution in [3.05, 3.63) is 0 Å². The molecule has 0 heterocycles. The van der Waals surface area contributed by atoms with E-state index in [4.69, 9.17) is 0 Å². The Bertz CT molecular complexity index is 114. The maximum absolute atomic E-state index is 4.19. The minimum absolute atomic E-state index is 1.00. The Labute approximate surface area is 115 Å². The van der Waals surface area contributed by atoms with Gasteiger partial charge in [-0.25, -0.2) is 0 Å². The summed E-state index contributed by atoms with van der Waals surface area (Å²) in [6, 6.07) is 0. The van der Waals surface area contributed by atoms with Crippen LogP contribution < -0.4 is 5.32 Å². The molecule has 0 bridgehead atoms. The lowest BCUT2D eigenvalue weighted by atomic mass is 10.1. The average Bonchev–Trinajstić information content (AvgIpc) is 2.35. The second kappa shape index (κ2) is 16.3. The molecule has 0 saturated heterocycles. The van der Waals surface area contributed by atoms with Crippen LogP contribution in [0.5, 0.6) is 0 Å². The minimum Gasteiger partial charge on any atom is -0.317 e. The maximum Gasteiger partial charge on any atom is -0.00411 e. The van der Waals surface area contributed by atoms with E-state index in [0.717, 1.165) is 12.3 Å². The summed E-state index contributed by atoms with van der Waals surface area (Å²) < 4.78 is 0. The molecule has 17 heavy (non-hydrogen) atoms. The third-order valence-electron chi connectivity index (χ3n) is 3.22. The molecule has 104 valence electrons. The summed E-state index contributed by atoms with van der Waals surface area (Å²) in [5.74, 6) is 1.00. The molecular weight excluding hydrogens is 226 g/mol. The lowest BCUT2D eigenvalue weighted by molar-refractivity contribution is 0.543. The first-order valence-corrected chi connectivity index (χ1v) is 8.36. The van der Waals surface area contributed by atoms with E-state index in [-0.39, 0.29) is 0 Å². The summed E-state index contributed by atoms with van der Waals surface area (Å²) >= 11 is 4.19. The summed E-state index contributed by atoms with van der Waals surface area (Å²) in [5, 5.41) is 3.46. The van der Waals surface area contributed by atoms with Gasteiger partial charge in [-0.3, -0.25) is 0 Å². The molecule has 0 radical (unpaired) electrons. The predicted molar refractivity (Wildman–Crippen MR) is 83.2 cm³/mol. The predicted octanol–water partition coefficient (Wildman–Crippen LogP) is 4.82. The molecule has 0 aromatic rings. The van der Waals surface area contributed by atoms with Gasteiger partial charge in [0.2, 0.25) is 0 Å². The largest absolute Gasteiger partial charge is 0.317 e. The monoisotopic (exact) mass is 259 g/mol. The molecule has 0 aromatic heterocycles. The molecule has 1 N–H and O–H groups in total. The smallest absolute Gasteiger partial charge is 0.00411 e. The molecular formula is C15H33NS. The van der Waals surface area contributed by atoms with Crippen LogP contribution in [0.1, 0.15) is 77.6 Å². The van der Waals surface area contributed by atoms with Crippen molar-refractivity contribution in [3.8, 4) is 0 Å². The fourth-order valence-electron chi connectivity index (χ4n) is 2.07. The van der Waals surface area contributed by atoms with Crippen molar-refractivity contribution < 1.29 is 0 Å². The average molecular weight is 260 g/mol. The lowest BCUT2D eigenvalue weighted by Crippen LogP contribution is -2.16. The first kappa shape index (κ1) is 17.3. The van der Waals surface area contributed by atoms with Crippen molar-refractivity contribution in [1.82, 2.24) is 5.32 Å². The highest BCUT2D eigenvalue weighted by atomic mass is 32.1. The fourth-order valence-corrected chi connectivity index (χ4v) is 2.22. The Hall–Kier alpha value is 0.310. The first-order valence-electron chi connectivity index (χ1n) is 7.73. The number of rotatable bonds is 14. The maximum atomic E-state index is 4.19. The van der Waals surface area contributed by atoms with Gasteiger partial charge < -0.3 is 5.32 Å². The number of hydrogen-bond donors (Lipinski definition) is 2. The SMILES string of the molecule is CCCCCCCCCCCCNCCCS. The van der Waals surface area contributed by atoms with Crippen LogP contribution in [-0.2, 0) is 0 Å². The van der Waals surface area contributed by atoms with Crippen molar-refractivity contribution in [2.24, 2.45) is 0 Å². The van der Waals surface area contributed by atoms with Crippen LogP contribution in [0.3, 0.4) is 0 Å². The Morgan fingerprint density at radius 3 is 1.65 bits per heavy atom. The van der Waals surface area contributed by atoms with Gasteiger partial charge in [0.1, 0.15) is 0 Å². The standard InChI is InChI=1S/C15H33NS/c1-2-3-4-5-6-7-8-9-10-11-13-16-14-12-15-17/h16-17H,2-15H2,1H3. The Morgan fingerprint density at radius 1 is 0.647 bits per heavy atom. The van der Waals surface area contributed by atoms with Gasteiger partial charge in [-0.2, -0.15) is 12.6 Å². The number of thiol groups is 1. The van der Waals surface area contributed by atoms with E-state index in [1.54, 1.807) is 0 Å². The lowest BCUT2D eigenvalue weighted by Gasteiger charge is -2.04. The Morgan fingerprint density at radius 2 is 1.12 bits per heavy atom. The third kappa shape index (κ3) is 16.3. The number of hydrogen-bond acceptors (Lipinski definition) is 2. The van der Waals surface area contributed by atoms with Gasteiger partial charge in [0.25, 0.3) is 0 Å². The number of nitrogens with one attached hydrogen (secondary N) is 1. The van der Waals surface area contributed by atoms with E-state index in [9.17, 15) is 0 Å². The van der Waals surface area contributed by atoms with Gasteiger partial charge in [-0.15, -0.1) is 0 Å². The van der Waals surface area contributed by atoms with Gasteiger partial charge in [-0.1, -0.05) is 64.7 Å². The van der Waals surface area contributed by atoms with Crippen molar-refractivity contribution in [2.75, 3.05) is 18.8 Å². The van der Waals surface area contributed by atoms with Gasteiger partial charge >= 0.3 is 0 Å². The van der Waals surface area contributed by atoms with E-state index >= 15 is 0 Å². The van der Waals surface area contributed by atoms with Crippen LogP contribution in [0.25, 0.3) is 0 Å². The Balaban J connectivity index is 2.85. The molecule has 0 atom stereocenters. The van der Waals surface area contributed by atoms with Crippen LogP contribution in [0.15, 0.2) is 0 Å². The zero-order valence-electron chi connectivity index (χ0n) is 11.8. The highest BCUT2D eigenvalue weighted by Crippen LogP contribution is 2.10. The van der Waals surface area contributed by atoms with E-state index in [2.05, 4.69) is 24.9 Å². The summed E-state index contributed by atoms with van der Waals surface area (Å²) in [7, 11) is 0. The molecule has 0 aliphatic carbocycles. The van der Waals surface area contributed by atoms with Crippen LogP contribution in [0.4, 0.5) is 0 Å². The van der Waals surface area contributed by atoms with E-state index in [1.165, 1.54) is 77.2 Å². The second-order valence-electron chi connectivity index (χ2n) is 5.01. The van der Waals surface area contributed by atoms with Gasteiger partial charge in [0, 0.05) is 0 Å². The van der Waals surface area contributed by atoms with E-state index in [0.29, 0.717) is 0 Å². The highest BCUT2D eigenvalue weighted by Gasteiger charge is 1.92. The van der Waals surface area contributed by atoms with Crippen molar-refractivity contribution in [2.45, 2.75) is 77.6 Å². The summed E-state index contributed by atoms with van der Waals surface area (Å²) in [5.41, 5.74) is 0. The van der Waals surface area contributed by atoms with E-state index < -0.39 is 0 Å². The van der Waals surface area contributed by atoms with Crippen molar-refractivity contribution in [1.29, 1.82) is 0 Å².